The van der Waals surface area contributed by atoms with E-state index in [1.807, 2.05) is 0 Å². The number of ether oxygens (including phenoxy) is 1. The minimum Gasteiger partial charge on any atom is -0.492 e. The number of primary sulfonamides is 1. The van der Waals surface area contributed by atoms with Gasteiger partial charge in [0, 0.05) is 19.1 Å². The lowest BCUT2D eigenvalue weighted by Gasteiger charge is -2.22. The van der Waals surface area contributed by atoms with Crippen molar-refractivity contribution in [2.45, 2.75) is 50.1 Å². The van der Waals surface area contributed by atoms with E-state index in [-0.39, 0.29) is 4.90 Å². The number of nitrogens with zero attached hydrogens (tertiary/aromatic N) is 1. The van der Waals surface area contributed by atoms with Gasteiger partial charge in [-0.1, -0.05) is 38.1 Å². The number of rotatable bonds is 9. The average molecular weight is 389 g/mol. The van der Waals surface area contributed by atoms with Gasteiger partial charge in [-0.05, 0) is 54.2 Å². The molecule has 2 N–H and O–H groups in total. The summed E-state index contributed by atoms with van der Waals surface area (Å²) in [6.45, 7) is 6.75. The van der Waals surface area contributed by atoms with Crippen LogP contribution in [0.25, 0.3) is 0 Å². The Labute approximate surface area is 162 Å². The van der Waals surface area contributed by atoms with Gasteiger partial charge >= 0.3 is 0 Å². The van der Waals surface area contributed by atoms with E-state index < -0.39 is 10.0 Å². The van der Waals surface area contributed by atoms with Gasteiger partial charge < -0.3 is 4.74 Å². The molecule has 1 fully saturated rings. The van der Waals surface area contributed by atoms with Gasteiger partial charge in [0.25, 0.3) is 0 Å². The number of hydrogen-bond donors (Lipinski definition) is 1. The number of hydrogen-bond acceptors (Lipinski definition) is 4. The van der Waals surface area contributed by atoms with E-state index >= 15 is 0 Å². The molecule has 1 aliphatic carbocycles. The highest BCUT2D eigenvalue weighted by Gasteiger charge is 2.28. The second-order valence-electron chi connectivity index (χ2n) is 7.46. The zero-order valence-corrected chi connectivity index (χ0v) is 16.8. The first kappa shape index (κ1) is 19.9. The molecule has 0 aliphatic heterocycles. The Kier molecular flexibility index (Phi) is 6.19. The summed E-state index contributed by atoms with van der Waals surface area (Å²) in [4.78, 5) is 2.56. The van der Waals surface area contributed by atoms with E-state index in [4.69, 9.17) is 9.88 Å². The van der Waals surface area contributed by atoms with Crippen LogP contribution in [0.4, 0.5) is 0 Å². The molecule has 2 aromatic carbocycles. The highest BCUT2D eigenvalue weighted by atomic mass is 32.2. The fourth-order valence-electron chi connectivity index (χ4n) is 3.08. The van der Waals surface area contributed by atoms with Gasteiger partial charge in [-0.3, -0.25) is 4.90 Å². The van der Waals surface area contributed by atoms with Crippen LogP contribution in [-0.4, -0.2) is 32.5 Å². The Morgan fingerprint density at radius 3 is 2.22 bits per heavy atom. The van der Waals surface area contributed by atoms with Crippen LogP contribution >= 0.6 is 0 Å². The Balaban J connectivity index is 1.53. The quantitative estimate of drug-likeness (QED) is 0.714. The van der Waals surface area contributed by atoms with Crippen LogP contribution in [0.3, 0.4) is 0 Å². The zero-order valence-electron chi connectivity index (χ0n) is 16.0. The largest absolute Gasteiger partial charge is 0.492 e. The van der Waals surface area contributed by atoms with Crippen molar-refractivity contribution in [1.29, 1.82) is 0 Å². The molecular weight excluding hydrogens is 360 g/mol. The molecule has 0 aromatic heterocycles. The number of nitrogens with two attached hydrogens (primary N) is 1. The normalized spacial score (nSPS) is 14.7. The van der Waals surface area contributed by atoms with Gasteiger partial charge in [0.15, 0.2) is 0 Å². The second-order valence-corrected chi connectivity index (χ2v) is 9.02. The molecule has 1 saturated carbocycles. The minimum absolute atomic E-state index is 0.0966. The van der Waals surface area contributed by atoms with Crippen molar-refractivity contribution in [2.75, 3.05) is 13.2 Å². The van der Waals surface area contributed by atoms with Crippen LogP contribution in [0.15, 0.2) is 53.4 Å². The molecule has 0 unspecified atom stereocenters. The zero-order chi connectivity index (χ0) is 19.4. The highest BCUT2D eigenvalue weighted by molar-refractivity contribution is 7.89. The molecule has 0 radical (unpaired) electrons. The lowest BCUT2D eigenvalue weighted by Crippen LogP contribution is -2.30. The third-order valence-electron chi connectivity index (χ3n) is 4.89. The van der Waals surface area contributed by atoms with Crippen LogP contribution in [0.1, 0.15) is 43.7 Å². The summed E-state index contributed by atoms with van der Waals surface area (Å²) in [7, 11) is -3.66. The first-order valence-corrected chi connectivity index (χ1v) is 11.0. The van der Waals surface area contributed by atoms with E-state index in [1.165, 1.54) is 36.1 Å². The smallest absolute Gasteiger partial charge is 0.238 e. The van der Waals surface area contributed by atoms with E-state index in [0.717, 1.165) is 13.1 Å². The van der Waals surface area contributed by atoms with Crippen molar-refractivity contribution in [1.82, 2.24) is 4.90 Å². The van der Waals surface area contributed by atoms with Crippen LogP contribution in [0, 0.1) is 0 Å². The summed E-state index contributed by atoms with van der Waals surface area (Å²) in [5.74, 6) is 1.20. The Bertz CT molecular complexity index is 842. The van der Waals surface area contributed by atoms with Crippen LogP contribution < -0.4 is 9.88 Å². The minimum atomic E-state index is -3.66. The monoisotopic (exact) mass is 388 g/mol. The number of benzene rings is 2. The van der Waals surface area contributed by atoms with Gasteiger partial charge in [0.2, 0.25) is 10.0 Å². The maximum atomic E-state index is 11.3. The highest BCUT2D eigenvalue weighted by Crippen LogP contribution is 2.28. The molecular formula is C21H28N2O3S. The molecule has 0 atom stereocenters. The molecule has 0 heterocycles. The molecule has 2 aromatic rings. The van der Waals surface area contributed by atoms with Gasteiger partial charge in [-0.2, -0.15) is 0 Å². The maximum Gasteiger partial charge on any atom is 0.238 e. The Morgan fingerprint density at radius 1 is 1.07 bits per heavy atom. The van der Waals surface area contributed by atoms with Crippen molar-refractivity contribution in [3.8, 4) is 5.75 Å². The lowest BCUT2D eigenvalue weighted by molar-refractivity contribution is 0.195. The van der Waals surface area contributed by atoms with E-state index in [1.54, 1.807) is 12.1 Å². The molecule has 27 heavy (non-hydrogen) atoms. The van der Waals surface area contributed by atoms with Crippen LogP contribution in [0.5, 0.6) is 5.75 Å². The molecule has 0 amide bonds. The third-order valence-corrected chi connectivity index (χ3v) is 5.82. The van der Waals surface area contributed by atoms with E-state index in [0.29, 0.717) is 24.3 Å². The maximum absolute atomic E-state index is 11.3. The first-order chi connectivity index (χ1) is 12.8. The fraction of sp³-hybridized carbons (Fsp3) is 0.429. The predicted molar refractivity (Wildman–Crippen MR) is 107 cm³/mol. The van der Waals surface area contributed by atoms with Gasteiger partial charge in [0.1, 0.15) is 12.4 Å². The van der Waals surface area contributed by atoms with Gasteiger partial charge in [0.05, 0.1) is 4.90 Å². The predicted octanol–water partition coefficient (Wildman–Crippen LogP) is 3.50. The molecule has 3 rings (SSSR count). The molecule has 146 valence electrons. The van der Waals surface area contributed by atoms with Crippen LogP contribution in [0.2, 0.25) is 0 Å². The SMILES string of the molecule is CC(C)c1ccc(CN(CCOc2ccc(S(N)(=O)=O)cc2)C2CC2)cc1. The first-order valence-electron chi connectivity index (χ1n) is 9.41. The molecule has 0 saturated heterocycles. The standard InChI is InChI=1S/C21H28N2O3S/c1-16(2)18-5-3-17(4-6-18)15-23(19-7-8-19)13-14-26-20-9-11-21(12-10-20)27(22,24)25/h3-6,9-12,16,19H,7-8,13-15H2,1-2H3,(H2,22,24,25). The summed E-state index contributed by atoms with van der Waals surface area (Å²) < 4.78 is 28.4. The van der Waals surface area contributed by atoms with E-state index in [2.05, 4.69) is 43.0 Å². The summed E-state index contributed by atoms with van der Waals surface area (Å²) in [5, 5.41) is 5.11. The molecule has 6 heteroatoms. The van der Waals surface area contributed by atoms with Crippen molar-refractivity contribution < 1.29 is 13.2 Å². The summed E-state index contributed by atoms with van der Waals surface area (Å²) >= 11 is 0. The fourth-order valence-corrected chi connectivity index (χ4v) is 3.59. The van der Waals surface area contributed by atoms with Crippen molar-refractivity contribution >= 4 is 10.0 Å². The summed E-state index contributed by atoms with van der Waals surface area (Å²) in [6, 6.07) is 15.7. The third kappa shape index (κ3) is 5.79. The van der Waals surface area contributed by atoms with E-state index in [9.17, 15) is 8.42 Å². The molecule has 0 spiro atoms. The van der Waals surface area contributed by atoms with Crippen LogP contribution in [-0.2, 0) is 16.6 Å². The van der Waals surface area contributed by atoms with Gasteiger partial charge in [-0.15, -0.1) is 0 Å². The topological polar surface area (TPSA) is 72.6 Å². The number of sulfonamides is 1. The second kappa shape index (κ2) is 8.42. The van der Waals surface area contributed by atoms with Crippen molar-refractivity contribution in [3.05, 3.63) is 59.7 Å². The van der Waals surface area contributed by atoms with Crippen molar-refractivity contribution in [3.63, 3.8) is 0 Å². The molecule has 1 aliphatic rings. The summed E-state index contributed by atoms with van der Waals surface area (Å²) in [6.07, 6.45) is 2.49. The average Bonchev–Trinajstić information content (AvgIpc) is 3.46. The van der Waals surface area contributed by atoms with Crippen molar-refractivity contribution in [2.24, 2.45) is 5.14 Å². The molecule has 0 bridgehead atoms. The lowest BCUT2D eigenvalue weighted by atomic mass is 10.0. The Hall–Kier alpha value is -1.89. The van der Waals surface area contributed by atoms with Gasteiger partial charge in [-0.25, -0.2) is 13.6 Å². The molecule has 5 nitrogen and oxygen atoms in total. The Morgan fingerprint density at radius 2 is 1.70 bits per heavy atom. The summed E-state index contributed by atoms with van der Waals surface area (Å²) in [5.41, 5.74) is 2.69.